The predicted octanol–water partition coefficient (Wildman–Crippen LogP) is 4.70. The highest BCUT2D eigenvalue weighted by atomic mass is 35.5. The number of ether oxygens (including phenoxy) is 1. The molecule has 0 atom stereocenters. The van der Waals surface area contributed by atoms with Gasteiger partial charge in [0.15, 0.2) is 6.61 Å². The van der Waals surface area contributed by atoms with Crippen LogP contribution in [0.5, 0.6) is 0 Å². The molecule has 0 aromatic heterocycles. The van der Waals surface area contributed by atoms with E-state index in [0.717, 1.165) is 16.2 Å². The van der Waals surface area contributed by atoms with Crippen molar-refractivity contribution in [2.75, 3.05) is 6.61 Å². The molecule has 26 heavy (non-hydrogen) atoms. The molecule has 1 amide bonds. The van der Waals surface area contributed by atoms with Crippen LogP contribution in [0.3, 0.4) is 0 Å². The first-order valence-electron chi connectivity index (χ1n) is 8.18. The molecule has 0 aliphatic heterocycles. The molecule has 0 heterocycles. The lowest BCUT2D eigenvalue weighted by molar-refractivity contribution is -0.125. The number of carbonyl (C=O) groups is 2. The minimum absolute atomic E-state index is 0.287. The summed E-state index contributed by atoms with van der Waals surface area (Å²) in [5, 5.41) is 3.46. The van der Waals surface area contributed by atoms with Crippen molar-refractivity contribution in [2.24, 2.45) is 0 Å². The minimum atomic E-state index is -0.508. The lowest BCUT2D eigenvalue weighted by Gasteiger charge is -2.20. The van der Waals surface area contributed by atoms with Gasteiger partial charge in [0.2, 0.25) is 0 Å². The minimum Gasteiger partial charge on any atom is -0.452 e. The molecule has 2 aromatic carbocycles. The standard InChI is InChI=1S/C20H22ClNO3S/c1-20(2,3)22-18(23)12-25-19(24)15-6-4-14(5-7-15)13-26-17-10-8-16(21)9-11-17/h4-11H,12-13H2,1-3H3,(H,22,23). The third kappa shape index (κ3) is 7.10. The van der Waals surface area contributed by atoms with Crippen LogP contribution in [0.25, 0.3) is 0 Å². The number of carbonyl (C=O) groups excluding carboxylic acids is 2. The zero-order valence-corrected chi connectivity index (χ0v) is 16.6. The molecule has 0 aliphatic carbocycles. The second-order valence-electron chi connectivity index (χ2n) is 6.81. The van der Waals surface area contributed by atoms with Crippen LogP contribution in [0.1, 0.15) is 36.7 Å². The monoisotopic (exact) mass is 391 g/mol. The van der Waals surface area contributed by atoms with Gasteiger partial charge in [0.05, 0.1) is 5.56 Å². The van der Waals surface area contributed by atoms with Crippen LogP contribution in [0.4, 0.5) is 0 Å². The molecule has 0 saturated carbocycles. The predicted molar refractivity (Wildman–Crippen MR) is 106 cm³/mol. The molecule has 0 radical (unpaired) electrons. The number of halogens is 1. The number of rotatable bonds is 6. The molecule has 0 fully saturated rings. The Hall–Kier alpha value is -1.98. The average Bonchev–Trinajstić information content (AvgIpc) is 2.58. The summed E-state index contributed by atoms with van der Waals surface area (Å²) in [7, 11) is 0. The van der Waals surface area contributed by atoms with Gasteiger partial charge in [-0.3, -0.25) is 4.79 Å². The van der Waals surface area contributed by atoms with Crippen molar-refractivity contribution < 1.29 is 14.3 Å². The Bertz CT molecular complexity index is 752. The lowest BCUT2D eigenvalue weighted by Crippen LogP contribution is -2.42. The van der Waals surface area contributed by atoms with E-state index >= 15 is 0 Å². The first kappa shape index (κ1) is 20.3. The lowest BCUT2D eigenvalue weighted by atomic mass is 10.1. The maximum absolute atomic E-state index is 12.0. The number of thioether (sulfide) groups is 1. The molecular weight excluding hydrogens is 370 g/mol. The summed E-state index contributed by atoms with van der Waals surface area (Å²) in [5.74, 6) is -0.0434. The third-order valence-electron chi connectivity index (χ3n) is 3.26. The van der Waals surface area contributed by atoms with E-state index in [0.29, 0.717) is 10.6 Å². The molecule has 0 spiro atoms. The summed E-state index contributed by atoms with van der Waals surface area (Å²) in [6, 6.07) is 14.9. The van der Waals surface area contributed by atoms with Crippen molar-refractivity contribution in [3.05, 3.63) is 64.7 Å². The summed E-state index contributed by atoms with van der Waals surface area (Å²) < 4.78 is 5.05. The van der Waals surface area contributed by atoms with Gasteiger partial charge in [-0.2, -0.15) is 0 Å². The molecule has 2 rings (SSSR count). The highest BCUT2D eigenvalue weighted by molar-refractivity contribution is 7.98. The van der Waals surface area contributed by atoms with Crippen LogP contribution in [-0.2, 0) is 15.3 Å². The number of nitrogens with one attached hydrogen (secondary N) is 1. The van der Waals surface area contributed by atoms with Gasteiger partial charge in [0.1, 0.15) is 0 Å². The maximum atomic E-state index is 12.0. The van der Waals surface area contributed by atoms with Gasteiger partial charge < -0.3 is 10.1 Å². The van der Waals surface area contributed by atoms with Crippen molar-refractivity contribution in [3.63, 3.8) is 0 Å². The molecule has 0 unspecified atom stereocenters. The Morgan fingerprint density at radius 1 is 1.04 bits per heavy atom. The maximum Gasteiger partial charge on any atom is 0.338 e. The fourth-order valence-electron chi connectivity index (χ4n) is 2.10. The van der Waals surface area contributed by atoms with Crippen molar-refractivity contribution >= 4 is 35.2 Å². The van der Waals surface area contributed by atoms with Crippen molar-refractivity contribution in [2.45, 2.75) is 37.0 Å². The second kappa shape index (κ2) is 9.10. The van der Waals surface area contributed by atoms with Gasteiger partial charge in [-0.05, 0) is 62.7 Å². The fraction of sp³-hybridized carbons (Fsp3) is 0.300. The zero-order valence-electron chi connectivity index (χ0n) is 15.0. The van der Waals surface area contributed by atoms with E-state index in [9.17, 15) is 9.59 Å². The molecule has 2 aromatic rings. The number of hydrogen-bond donors (Lipinski definition) is 1. The SMILES string of the molecule is CC(C)(C)NC(=O)COC(=O)c1ccc(CSc2ccc(Cl)cc2)cc1. The summed E-state index contributed by atoms with van der Waals surface area (Å²) >= 11 is 7.56. The largest absolute Gasteiger partial charge is 0.452 e. The van der Waals surface area contributed by atoms with Crippen molar-refractivity contribution in [1.29, 1.82) is 0 Å². The molecule has 138 valence electrons. The van der Waals surface area contributed by atoms with Crippen molar-refractivity contribution in [3.8, 4) is 0 Å². The van der Waals surface area contributed by atoms with Crippen LogP contribution in [0.2, 0.25) is 5.02 Å². The van der Waals surface area contributed by atoms with Crippen LogP contribution in [-0.4, -0.2) is 24.0 Å². The van der Waals surface area contributed by atoms with Crippen LogP contribution in [0.15, 0.2) is 53.4 Å². The van der Waals surface area contributed by atoms with E-state index in [1.165, 1.54) is 0 Å². The van der Waals surface area contributed by atoms with Gasteiger partial charge in [0.25, 0.3) is 5.91 Å². The molecule has 6 heteroatoms. The summed E-state index contributed by atoms with van der Waals surface area (Å²) in [4.78, 5) is 24.8. The zero-order chi connectivity index (χ0) is 19.2. The molecule has 4 nitrogen and oxygen atoms in total. The van der Waals surface area contributed by atoms with Gasteiger partial charge in [-0.1, -0.05) is 23.7 Å². The van der Waals surface area contributed by atoms with Gasteiger partial charge in [0, 0.05) is 21.2 Å². The Labute approximate surface area is 163 Å². The number of hydrogen-bond acceptors (Lipinski definition) is 4. The van der Waals surface area contributed by atoms with Gasteiger partial charge >= 0.3 is 5.97 Å². The smallest absolute Gasteiger partial charge is 0.338 e. The van der Waals surface area contributed by atoms with Crippen molar-refractivity contribution in [1.82, 2.24) is 5.32 Å². The Morgan fingerprint density at radius 2 is 1.65 bits per heavy atom. The van der Waals surface area contributed by atoms with Crippen LogP contribution < -0.4 is 5.32 Å². The van der Waals surface area contributed by atoms with E-state index < -0.39 is 5.97 Å². The molecular formula is C20H22ClNO3S. The van der Waals surface area contributed by atoms with E-state index in [-0.39, 0.29) is 18.1 Å². The molecule has 0 aliphatic rings. The second-order valence-corrected chi connectivity index (χ2v) is 8.30. The Morgan fingerprint density at radius 3 is 2.23 bits per heavy atom. The number of esters is 1. The summed E-state index contributed by atoms with van der Waals surface area (Å²) in [5.41, 5.74) is 1.16. The van der Waals surface area contributed by atoms with E-state index in [1.807, 2.05) is 57.2 Å². The average molecular weight is 392 g/mol. The Balaban J connectivity index is 1.83. The van der Waals surface area contributed by atoms with E-state index in [4.69, 9.17) is 16.3 Å². The van der Waals surface area contributed by atoms with Crippen LogP contribution >= 0.6 is 23.4 Å². The third-order valence-corrected chi connectivity index (χ3v) is 4.59. The van der Waals surface area contributed by atoms with Crippen LogP contribution in [0, 0.1) is 0 Å². The number of benzene rings is 2. The number of amides is 1. The highest BCUT2D eigenvalue weighted by Gasteiger charge is 2.15. The van der Waals surface area contributed by atoms with E-state index in [2.05, 4.69) is 5.32 Å². The normalized spacial score (nSPS) is 11.1. The van der Waals surface area contributed by atoms with Gasteiger partial charge in [-0.25, -0.2) is 4.79 Å². The van der Waals surface area contributed by atoms with Gasteiger partial charge in [-0.15, -0.1) is 11.8 Å². The fourth-order valence-corrected chi connectivity index (χ4v) is 3.08. The Kier molecular flexibility index (Phi) is 7.12. The topological polar surface area (TPSA) is 55.4 Å². The van der Waals surface area contributed by atoms with E-state index in [1.54, 1.807) is 23.9 Å². The molecule has 0 bridgehead atoms. The first-order valence-corrected chi connectivity index (χ1v) is 9.55. The highest BCUT2D eigenvalue weighted by Crippen LogP contribution is 2.24. The first-order chi connectivity index (χ1) is 12.2. The summed E-state index contributed by atoms with van der Waals surface area (Å²) in [6.07, 6.45) is 0. The summed E-state index contributed by atoms with van der Waals surface area (Å²) in [6.45, 7) is 5.32. The quantitative estimate of drug-likeness (QED) is 0.572. The molecule has 0 saturated heterocycles. The molecule has 1 N–H and O–H groups in total.